The highest BCUT2D eigenvalue weighted by atomic mass is 35.5. The molecule has 3 rings (SSSR count). The van der Waals surface area contributed by atoms with Crippen molar-refractivity contribution in [2.45, 2.75) is 44.6 Å². The van der Waals surface area contributed by atoms with Gasteiger partial charge in [0.2, 0.25) is 5.91 Å². The van der Waals surface area contributed by atoms with Crippen molar-refractivity contribution >= 4 is 28.4 Å². The Balaban J connectivity index is 1.79. The molecule has 1 aliphatic heterocycles. The number of benzene rings is 1. The minimum absolute atomic E-state index is 0.136. The number of H-pyrrole nitrogens is 1. The van der Waals surface area contributed by atoms with E-state index >= 15 is 0 Å². The lowest BCUT2D eigenvalue weighted by atomic mass is 10.1. The molecule has 124 valence electrons. The second kappa shape index (κ2) is 7.37. The first-order chi connectivity index (χ1) is 11.2. The lowest BCUT2D eigenvalue weighted by Crippen LogP contribution is -2.41. The summed E-state index contributed by atoms with van der Waals surface area (Å²) in [5.41, 5.74) is 1.99. The minimum Gasteiger partial charge on any atom is -0.396 e. The number of halogens is 1. The van der Waals surface area contributed by atoms with E-state index in [1.54, 1.807) is 0 Å². The van der Waals surface area contributed by atoms with Gasteiger partial charge in [0, 0.05) is 41.3 Å². The Morgan fingerprint density at radius 1 is 1.35 bits per heavy atom. The largest absolute Gasteiger partial charge is 0.396 e. The van der Waals surface area contributed by atoms with Crippen molar-refractivity contribution in [1.29, 1.82) is 0 Å². The van der Waals surface area contributed by atoms with Crippen molar-refractivity contribution in [3.8, 4) is 0 Å². The van der Waals surface area contributed by atoms with Gasteiger partial charge in [-0.15, -0.1) is 0 Å². The average Bonchev–Trinajstić information content (AvgIpc) is 2.77. The number of fused-ring (bicyclic) bond motifs is 1. The third kappa shape index (κ3) is 3.70. The summed E-state index contributed by atoms with van der Waals surface area (Å²) in [4.78, 5) is 18.0. The van der Waals surface area contributed by atoms with Crippen molar-refractivity contribution in [2.24, 2.45) is 0 Å². The van der Waals surface area contributed by atoms with Crippen LogP contribution in [0.4, 0.5) is 0 Å². The summed E-state index contributed by atoms with van der Waals surface area (Å²) in [7, 11) is 0. The summed E-state index contributed by atoms with van der Waals surface area (Å²) in [6.45, 7) is 0.934. The fourth-order valence-corrected chi connectivity index (χ4v) is 3.69. The Bertz CT molecular complexity index is 683. The molecule has 1 saturated heterocycles. The number of carbonyl (C=O) groups excluding carboxylic acids is 1. The van der Waals surface area contributed by atoms with Gasteiger partial charge in [0.25, 0.3) is 0 Å². The third-order valence-corrected chi connectivity index (χ3v) is 4.97. The van der Waals surface area contributed by atoms with E-state index in [4.69, 9.17) is 11.6 Å². The van der Waals surface area contributed by atoms with E-state index in [-0.39, 0.29) is 18.6 Å². The first-order valence-electron chi connectivity index (χ1n) is 8.35. The second-order valence-electron chi connectivity index (χ2n) is 6.28. The highest BCUT2D eigenvalue weighted by Crippen LogP contribution is 2.25. The second-order valence-corrected chi connectivity index (χ2v) is 6.72. The number of carbonyl (C=O) groups is 1. The topological polar surface area (TPSA) is 56.3 Å². The molecule has 1 atom stereocenters. The van der Waals surface area contributed by atoms with Crippen molar-refractivity contribution in [3.05, 3.63) is 35.0 Å². The van der Waals surface area contributed by atoms with Crippen molar-refractivity contribution in [1.82, 2.24) is 9.88 Å². The zero-order valence-electron chi connectivity index (χ0n) is 13.2. The summed E-state index contributed by atoms with van der Waals surface area (Å²) in [6.07, 6.45) is 7.29. The van der Waals surface area contributed by atoms with E-state index in [1.165, 1.54) is 0 Å². The number of nitrogens with one attached hydrogen (secondary N) is 1. The zero-order chi connectivity index (χ0) is 16.2. The summed E-state index contributed by atoms with van der Waals surface area (Å²) in [5, 5.41) is 11.0. The Kier molecular flexibility index (Phi) is 5.23. The van der Waals surface area contributed by atoms with Gasteiger partial charge in [-0.3, -0.25) is 4.79 Å². The normalized spacial score (nSPS) is 19.0. The number of amides is 1. The highest BCUT2D eigenvalue weighted by molar-refractivity contribution is 6.31. The predicted molar refractivity (Wildman–Crippen MR) is 92.7 cm³/mol. The van der Waals surface area contributed by atoms with E-state index in [0.29, 0.717) is 17.9 Å². The van der Waals surface area contributed by atoms with Crippen LogP contribution in [-0.2, 0) is 11.2 Å². The van der Waals surface area contributed by atoms with Gasteiger partial charge in [0.1, 0.15) is 0 Å². The van der Waals surface area contributed by atoms with Crippen LogP contribution in [0.25, 0.3) is 10.9 Å². The fourth-order valence-electron chi connectivity index (χ4n) is 3.52. The van der Waals surface area contributed by atoms with Crippen LogP contribution in [0.5, 0.6) is 0 Å². The number of rotatable bonds is 4. The van der Waals surface area contributed by atoms with Gasteiger partial charge in [0.05, 0.1) is 6.42 Å². The monoisotopic (exact) mass is 334 g/mol. The van der Waals surface area contributed by atoms with Gasteiger partial charge in [-0.25, -0.2) is 0 Å². The van der Waals surface area contributed by atoms with Gasteiger partial charge in [0.15, 0.2) is 0 Å². The van der Waals surface area contributed by atoms with Crippen LogP contribution in [0.15, 0.2) is 24.4 Å². The maximum atomic E-state index is 12.8. The van der Waals surface area contributed by atoms with Crippen LogP contribution in [0.1, 0.15) is 37.7 Å². The third-order valence-electron chi connectivity index (χ3n) is 4.73. The first-order valence-corrected chi connectivity index (χ1v) is 8.72. The molecule has 1 aromatic heterocycles. The molecule has 0 radical (unpaired) electrons. The number of aliphatic hydroxyl groups excluding tert-OH is 1. The lowest BCUT2D eigenvalue weighted by Gasteiger charge is -2.29. The van der Waals surface area contributed by atoms with Crippen LogP contribution in [0.3, 0.4) is 0 Å². The number of nitrogens with zero attached hydrogens (tertiary/aromatic N) is 1. The van der Waals surface area contributed by atoms with Gasteiger partial charge >= 0.3 is 0 Å². The van der Waals surface area contributed by atoms with Gasteiger partial charge in [-0.05, 0) is 43.0 Å². The number of aromatic amines is 1. The summed E-state index contributed by atoms with van der Waals surface area (Å²) in [6, 6.07) is 5.86. The molecule has 1 unspecified atom stereocenters. The van der Waals surface area contributed by atoms with Crippen molar-refractivity contribution < 1.29 is 9.90 Å². The molecule has 2 N–H and O–H groups in total. The molecule has 1 aromatic carbocycles. The van der Waals surface area contributed by atoms with E-state index in [0.717, 1.165) is 48.7 Å². The molecular formula is C18H23ClN2O2. The minimum atomic E-state index is 0.136. The Morgan fingerprint density at radius 2 is 2.22 bits per heavy atom. The molecule has 1 amide bonds. The summed E-state index contributed by atoms with van der Waals surface area (Å²) >= 11 is 6.08. The van der Waals surface area contributed by atoms with Crippen LogP contribution in [0.2, 0.25) is 5.02 Å². The Morgan fingerprint density at radius 3 is 3.04 bits per heavy atom. The molecule has 4 nitrogen and oxygen atoms in total. The van der Waals surface area contributed by atoms with Crippen LogP contribution in [0, 0.1) is 0 Å². The van der Waals surface area contributed by atoms with E-state index < -0.39 is 0 Å². The number of aliphatic hydroxyl groups is 1. The zero-order valence-corrected chi connectivity index (χ0v) is 14.0. The van der Waals surface area contributed by atoms with Crippen LogP contribution in [-0.4, -0.2) is 40.1 Å². The summed E-state index contributed by atoms with van der Waals surface area (Å²) in [5.74, 6) is 0.145. The lowest BCUT2D eigenvalue weighted by molar-refractivity contribution is -0.133. The van der Waals surface area contributed by atoms with Crippen LogP contribution >= 0.6 is 11.6 Å². The molecule has 2 aromatic rings. The molecule has 0 spiro atoms. The van der Waals surface area contributed by atoms with Crippen molar-refractivity contribution in [3.63, 3.8) is 0 Å². The van der Waals surface area contributed by atoms with Gasteiger partial charge in [-0.2, -0.15) is 0 Å². The van der Waals surface area contributed by atoms with Crippen molar-refractivity contribution in [2.75, 3.05) is 13.2 Å². The molecule has 0 saturated carbocycles. The molecule has 1 aliphatic rings. The molecule has 1 fully saturated rings. The maximum absolute atomic E-state index is 12.8. The Hall–Kier alpha value is -1.52. The van der Waals surface area contributed by atoms with E-state index in [9.17, 15) is 9.90 Å². The number of aromatic nitrogens is 1. The quantitative estimate of drug-likeness (QED) is 0.898. The molecule has 0 aliphatic carbocycles. The molecule has 0 bridgehead atoms. The first kappa shape index (κ1) is 16.3. The highest BCUT2D eigenvalue weighted by Gasteiger charge is 2.25. The predicted octanol–water partition coefficient (Wildman–Crippen LogP) is 3.52. The standard InChI is InChI=1S/C18H23ClN2O2/c19-14-5-6-17-16(11-14)13(12-20-17)10-18(23)21-8-3-1-2-4-15(21)7-9-22/h5-6,11-12,15,20,22H,1-4,7-10H2. The smallest absolute Gasteiger partial charge is 0.227 e. The maximum Gasteiger partial charge on any atom is 0.227 e. The number of hydrogen-bond donors (Lipinski definition) is 2. The fraction of sp³-hybridized carbons (Fsp3) is 0.500. The van der Waals surface area contributed by atoms with E-state index in [1.807, 2.05) is 29.3 Å². The molecular weight excluding hydrogens is 312 g/mol. The number of likely N-dealkylation sites (tertiary alicyclic amines) is 1. The molecule has 5 heteroatoms. The van der Waals surface area contributed by atoms with E-state index in [2.05, 4.69) is 4.98 Å². The Labute approximate surface area is 141 Å². The average molecular weight is 335 g/mol. The number of hydrogen-bond acceptors (Lipinski definition) is 2. The summed E-state index contributed by atoms with van der Waals surface area (Å²) < 4.78 is 0. The SMILES string of the molecule is O=C(Cc1c[nH]c2ccc(Cl)cc12)N1CCCCCC1CCO. The van der Waals surface area contributed by atoms with Crippen LogP contribution < -0.4 is 0 Å². The molecule has 2 heterocycles. The molecule has 23 heavy (non-hydrogen) atoms. The van der Waals surface area contributed by atoms with Gasteiger partial charge in [-0.1, -0.05) is 24.4 Å². The van der Waals surface area contributed by atoms with Gasteiger partial charge < -0.3 is 15.0 Å².